The average Bonchev–Trinajstić information content (AvgIpc) is 2.47. The van der Waals surface area contributed by atoms with Gasteiger partial charge in [-0.1, -0.05) is 23.8 Å². The van der Waals surface area contributed by atoms with Gasteiger partial charge >= 0.3 is 0 Å². The molecule has 3 rings (SSSR count). The zero-order valence-corrected chi connectivity index (χ0v) is 12.7. The standard InChI is InChI=1S/C16H18N2O2S/c1-12-2-6-16(7-3-12)21(19,20)18-15-5-4-14-11-17-9-8-13(14)10-15/h2-7,10,17-18H,8-9,11H2,1H3. The van der Waals surface area contributed by atoms with E-state index in [1.54, 1.807) is 24.3 Å². The molecular weight excluding hydrogens is 284 g/mol. The fourth-order valence-corrected chi connectivity index (χ4v) is 3.52. The molecule has 0 saturated carbocycles. The predicted molar refractivity (Wildman–Crippen MR) is 83.8 cm³/mol. The van der Waals surface area contributed by atoms with Gasteiger partial charge in [0.15, 0.2) is 0 Å². The summed E-state index contributed by atoms with van der Waals surface area (Å²) in [6, 6.07) is 12.6. The van der Waals surface area contributed by atoms with Crippen molar-refractivity contribution in [3.63, 3.8) is 0 Å². The molecular formula is C16H18N2O2S. The summed E-state index contributed by atoms with van der Waals surface area (Å²) in [5, 5.41) is 3.30. The molecule has 0 aliphatic carbocycles. The first kappa shape index (κ1) is 14.1. The zero-order chi connectivity index (χ0) is 14.9. The lowest BCUT2D eigenvalue weighted by atomic mass is 10.0. The molecule has 0 aromatic heterocycles. The van der Waals surface area contributed by atoms with Crippen molar-refractivity contribution < 1.29 is 8.42 Å². The van der Waals surface area contributed by atoms with Crippen molar-refractivity contribution in [1.29, 1.82) is 0 Å². The molecule has 4 nitrogen and oxygen atoms in total. The molecule has 1 aliphatic rings. The number of sulfonamides is 1. The van der Waals surface area contributed by atoms with E-state index in [1.807, 2.05) is 25.1 Å². The van der Waals surface area contributed by atoms with Gasteiger partial charge in [0.1, 0.15) is 0 Å². The van der Waals surface area contributed by atoms with Crippen LogP contribution < -0.4 is 10.0 Å². The Hall–Kier alpha value is -1.85. The Morgan fingerprint density at radius 2 is 1.81 bits per heavy atom. The summed E-state index contributed by atoms with van der Waals surface area (Å²) in [5.41, 5.74) is 4.10. The van der Waals surface area contributed by atoms with Gasteiger partial charge in [0.2, 0.25) is 0 Å². The lowest BCUT2D eigenvalue weighted by Crippen LogP contribution is -2.23. The van der Waals surface area contributed by atoms with Gasteiger partial charge in [-0.15, -0.1) is 0 Å². The van der Waals surface area contributed by atoms with Gasteiger partial charge in [-0.05, 0) is 55.3 Å². The van der Waals surface area contributed by atoms with E-state index in [9.17, 15) is 8.42 Å². The van der Waals surface area contributed by atoms with Gasteiger partial charge in [-0.2, -0.15) is 0 Å². The molecule has 1 aliphatic heterocycles. The number of rotatable bonds is 3. The summed E-state index contributed by atoms with van der Waals surface area (Å²) >= 11 is 0. The second kappa shape index (κ2) is 5.50. The second-order valence-corrected chi connectivity index (χ2v) is 7.01. The van der Waals surface area contributed by atoms with Crippen LogP contribution in [-0.4, -0.2) is 15.0 Å². The first-order chi connectivity index (χ1) is 10.0. The molecule has 0 radical (unpaired) electrons. The summed E-state index contributed by atoms with van der Waals surface area (Å²) in [5.74, 6) is 0. The zero-order valence-electron chi connectivity index (χ0n) is 11.9. The first-order valence-electron chi connectivity index (χ1n) is 6.97. The van der Waals surface area contributed by atoms with Crippen LogP contribution in [0.1, 0.15) is 16.7 Å². The lowest BCUT2D eigenvalue weighted by Gasteiger charge is -2.18. The third-order valence-corrected chi connectivity index (χ3v) is 5.07. The van der Waals surface area contributed by atoms with Crippen LogP contribution in [0.2, 0.25) is 0 Å². The maximum atomic E-state index is 12.4. The van der Waals surface area contributed by atoms with Crippen LogP contribution in [0.25, 0.3) is 0 Å². The van der Waals surface area contributed by atoms with Crippen LogP contribution >= 0.6 is 0 Å². The summed E-state index contributed by atoms with van der Waals surface area (Å²) in [6.45, 7) is 3.71. The van der Waals surface area contributed by atoms with Crippen LogP contribution in [0.3, 0.4) is 0 Å². The molecule has 0 saturated heterocycles. The van der Waals surface area contributed by atoms with E-state index in [4.69, 9.17) is 0 Å². The maximum Gasteiger partial charge on any atom is 0.261 e. The van der Waals surface area contributed by atoms with Crippen molar-refractivity contribution in [2.24, 2.45) is 0 Å². The monoisotopic (exact) mass is 302 g/mol. The third-order valence-electron chi connectivity index (χ3n) is 3.68. The molecule has 0 atom stereocenters. The quantitative estimate of drug-likeness (QED) is 0.915. The highest BCUT2D eigenvalue weighted by atomic mass is 32.2. The molecule has 0 spiro atoms. The molecule has 1 heterocycles. The highest BCUT2D eigenvalue weighted by molar-refractivity contribution is 7.92. The van der Waals surface area contributed by atoms with E-state index >= 15 is 0 Å². The molecule has 0 unspecified atom stereocenters. The van der Waals surface area contributed by atoms with Crippen LogP contribution in [0, 0.1) is 6.92 Å². The molecule has 2 aromatic carbocycles. The SMILES string of the molecule is Cc1ccc(S(=O)(=O)Nc2ccc3c(c2)CCNC3)cc1. The normalized spacial score (nSPS) is 14.5. The van der Waals surface area contributed by atoms with Crippen molar-refractivity contribution in [2.45, 2.75) is 24.8 Å². The Bertz CT molecular complexity index is 752. The van der Waals surface area contributed by atoms with Crippen LogP contribution in [0.4, 0.5) is 5.69 Å². The Morgan fingerprint density at radius 1 is 1.05 bits per heavy atom. The van der Waals surface area contributed by atoms with Crippen LogP contribution in [0.5, 0.6) is 0 Å². The van der Waals surface area contributed by atoms with Crippen molar-refractivity contribution in [3.05, 3.63) is 59.2 Å². The highest BCUT2D eigenvalue weighted by Crippen LogP contribution is 2.22. The molecule has 5 heteroatoms. The lowest BCUT2D eigenvalue weighted by molar-refractivity contribution is 0.601. The summed E-state index contributed by atoms with van der Waals surface area (Å²) in [6.07, 6.45) is 0.926. The van der Waals surface area contributed by atoms with Crippen molar-refractivity contribution in [2.75, 3.05) is 11.3 Å². The topological polar surface area (TPSA) is 58.2 Å². The first-order valence-corrected chi connectivity index (χ1v) is 8.45. The Morgan fingerprint density at radius 3 is 2.57 bits per heavy atom. The van der Waals surface area contributed by atoms with Gasteiger partial charge in [-0.3, -0.25) is 4.72 Å². The Balaban J connectivity index is 1.87. The number of hydrogen-bond acceptors (Lipinski definition) is 3. The molecule has 0 amide bonds. The van der Waals surface area contributed by atoms with Gasteiger partial charge in [0, 0.05) is 12.2 Å². The van der Waals surface area contributed by atoms with Gasteiger partial charge in [-0.25, -0.2) is 8.42 Å². The Kier molecular flexibility index (Phi) is 3.69. The predicted octanol–water partition coefficient (Wildman–Crippen LogP) is 2.44. The van der Waals surface area contributed by atoms with E-state index in [2.05, 4.69) is 10.0 Å². The minimum Gasteiger partial charge on any atom is -0.312 e. The number of anilines is 1. The second-order valence-electron chi connectivity index (χ2n) is 5.33. The van der Waals surface area contributed by atoms with Crippen molar-refractivity contribution in [1.82, 2.24) is 5.32 Å². The fourth-order valence-electron chi connectivity index (χ4n) is 2.47. The number of nitrogens with one attached hydrogen (secondary N) is 2. The van der Waals surface area contributed by atoms with E-state index in [1.165, 1.54) is 11.1 Å². The number of hydrogen-bond donors (Lipinski definition) is 2. The molecule has 2 N–H and O–H groups in total. The van der Waals surface area contributed by atoms with Crippen LogP contribution in [0.15, 0.2) is 47.4 Å². The van der Waals surface area contributed by atoms with E-state index in [-0.39, 0.29) is 4.90 Å². The molecule has 2 aromatic rings. The van der Waals surface area contributed by atoms with Gasteiger partial charge < -0.3 is 5.32 Å². The fraction of sp³-hybridized carbons (Fsp3) is 0.250. The minimum absolute atomic E-state index is 0.285. The minimum atomic E-state index is -3.52. The maximum absolute atomic E-state index is 12.4. The van der Waals surface area contributed by atoms with Crippen LogP contribution in [-0.2, 0) is 23.0 Å². The number of benzene rings is 2. The summed E-state index contributed by atoms with van der Waals surface area (Å²) in [4.78, 5) is 0.285. The molecule has 110 valence electrons. The van der Waals surface area contributed by atoms with E-state index in [0.29, 0.717) is 5.69 Å². The molecule has 0 fully saturated rings. The third kappa shape index (κ3) is 3.09. The number of fused-ring (bicyclic) bond motifs is 1. The average molecular weight is 302 g/mol. The largest absolute Gasteiger partial charge is 0.312 e. The summed E-state index contributed by atoms with van der Waals surface area (Å²) < 4.78 is 27.4. The highest BCUT2D eigenvalue weighted by Gasteiger charge is 2.15. The van der Waals surface area contributed by atoms with Gasteiger partial charge in [0.05, 0.1) is 4.90 Å². The van der Waals surface area contributed by atoms with Crippen molar-refractivity contribution >= 4 is 15.7 Å². The smallest absolute Gasteiger partial charge is 0.261 e. The molecule has 21 heavy (non-hydrogen) atoms. The van der Waals surface area contributed by atoms with Crippen molar-refractivity contribution in [3.8, 4) is 0 Å². The van der Waals surface area contributed by atoms with E-state index < -0.39 is 10.0 Å². The number of aryl methyl sites for hydroxylation is 1. The molecule has 0 bridgehead atoms. The summed E-state index contributed by atoms with van der Waals surface area (Å²) in [7, 11) is -3.52. The Labute approximate surface area is 125 Å². The van der Waals surface area contributed by atoms with E-state index in [0.717, 1.165) is 25.1 Å². The van der Waals surface area contributed by atoms with Gasteiger partial charge in [0.25, 0.3) is 10.0 Å².